The van der Waals surface area contributed by atoms with Gasteiger partial charge in [-0.25, -0.2) is 0 Å². The fourth-order valence-electron chi connectivity index (χ4n) is 3.47. The van der Waals surface area contributed by atoms with Gasteiger partial charge in [-0.3, -0.25) is 9.48 Å². The van der Waals surface area contributed by atoms with Crippen LogP contribution in [0.2, 0.25) is 0 Å². The lowest BCUT2D eigenvalue weighted by molar-refractivity contribution is 0.0744. The molecule has 0 saturated heterocycles. The van der Waals surface area contributed by atoms with E-state index in [1.165, 1.54) is 0 Å². The molecule has 0 aromatic carbocycles. The number of carbonyl (C=O) groups excluding carboxylic acids is 1. The molecule has 1 saturated carbocycles. The Balaban J connectivity index is 1.57. The van der Waals surface area contributed by atoms with Crippen molar-refractivity contribution < 1.29 is 14.3 Å². The molecule has 0 unspecified atom stereocenters. The van der Waals surface area contributed by atoms with E-state index in [4.69, 9.17) is 4.42 Å². The minimum atomic E-state index is -0.465. The lowest BCUT2D eigenvalue weighted by Crippen LogP contribution is -2.30. The van der Waals surface area contributed by atoms with E-state index in [2.05, 4.69) is 5.10 Å². The molecule has 1 N–H and O–H groups in total. The van der Waals surface area contributed by atoms with Crippen LogP contribution in [0, 0.1) is 19.8 Å². The van der Waals surface area contributed by atoms with Crippen LogP contribution in [0.1, 0.15) is 58.6 Å². The van der Waals surface area contributed by atoms with Gasteiger partial charge in [-0.2, -0.15) is 5.10 Å². The number of carbonyl (C=O) groups is 1. The summed E-state index contributed by atoms with van der Waals surface area (Å²) in [6, 6.07) is 3.77. The van der Waals surface area contributed by atoms with E-state index in [-0.39, 0.29) is 5.91 Å². The summed E-state index contributed by atoms with van der Waals surface area (Å²) in [5.41, 5.74) is 2.38. The molecule has 3 heterocycles. The number of hydrogen-bond acceptors (Lipinski definition) is 4. The first kappa shape index (κ1) is 15.4. The maximum absolute atomic E-state index is 12.8. The van der Waals surface area contributed by atoms with E-state index in [9.17, 15) is 9.90 Å². The van der Waals surface area contributed by atoms with Gasteiger partial charge in [0, 0.05) is 13.1 Å². The highest BCUT2D eigenvalue weighted by molar-refractivity contribution is 5.95. The maximum atomic E-state index is 12.8. The number of nitrogens with zero attached hydrogens (tertiary/aromatic N) is 3. The molecule has 1 amide bonds. The van der Waals surface area contributed by atoms with E-state index >= 15 is 0 Å². The average molecular weight is 329 g/mol. The van der Waals surface area contributed by atoms with Crippen molar-refractivity contribution in [2.75, 3.05) is 6.54 Å². The average Bonchev–Trinajstić information content (AvgIpc) is 3.28. The van der Waals surface area contributed by atoms with Gasteiger partial charge in [-0.15, -0.1) is 0 Å². The first-order chi connectivity index (χ1) is 11.5. The number of rotatable bonds is 3. The van der Waals surface area contributed by atoms with Gasteiger partial charge in [0.2, 0.25) is 0 Å². The molecule has 2 aliphatic rings. The Kier molecular flexibility index (Phi) is 3.72. The van der Waals surface area contributed by atoms with Crippen LogP contribution in [0.25, 0.3) is 0 Å². The number of hydrogen-bond donors (Lipinski definition) is 1. The summed E-state index contributed by atoms with van der Waals surface area (Å²) in [6.07, 6.45) is 2.54. The Morgan fingerprint density at radius 2 is 2.12 bits per heavy atom. The van der Waals surface area contributed by atoms with Gasteiger partial charge in [0.25, 0.3) is 5.91 Å². The van der Waals surface area contributed by atoms with Crippen molar-refractivity contribution in [3.63, 3.8) is 0 Å². The monoisotopic (exact) mass is 329 g/mol. The standard InChI is InChI=1S/C18H23N3O3/c1-11-8-15(12(2)24-11)18(23)20-6-3-7-21-14(10-20)9-16(19-21)17(22)13-4-5-13/h8-9,13,17,22H,3-7,10H2,1-2H3/t17-/m0/s1. The van der Waals surface area contributed by atoms with Crippen molar-refractivity contribution in [2.24, 2.45) is 5.92 Å². The third-order valence-corrected chi connectivity index (χ3v) is 4.96. The van der Waals surface area contributed by atoms with Crippen LogP contribution in [-0.2, 0) is 13.1 Å². The Labute approximate surface area is 141 Å². The first-order valence-electron chi connectivity index (χ1n) is 8.64. The second-order valence-corrected chi connectivity index (χ2v) is 6.97. The predicted octanol–water partition coefficient (Wildman–Crippen LogP) is 2.58. The summed E-state index contributed by atoms with van der Waals surface area (Å²) >= 11 is 0. The van der Waals surface area contributed by atoms with Crippen LogP contribution >= 0.6 is 0 Å². The second-order valence-electron chi connectivity index (χ2n) is 6.97. The quantitative estimate of drug-likeness (QED) is 0.939. The van der Waals surface area contributed by atoms with Gasteiger partial charge >= 0.3 is 0 Å². The van der Waals surface area contributed by atoms with Gasteiger partial charge in [-0.05, 0) is 51.2 Å². The van der Waals surface area contributed by atoms with E-state index < -0.39 is 6.10 Å². The Hall–Kier alpha value is -2.08. The predicted molar refractivity (Wildman–Crippen MR) is 87.5 cm³/mol. The molecule has 6 nitrogen and oxygen atoms in total. The smallest absolute Gasteiger partial charge is 0.257 e. The molecule has 1 aliphatic heterocycles. The second kappa shape index (κ2) is 5.77. The summed E-state index contributed by atoms with van der Waals surface area (Å²) in [4.78, 5) is 14.7. The van der Waals surface area contributed by atoms with Gasteiger partial charge < -0.3 is 14.4 Å². The van der Waals surface area contributed by atoms with Crippen molar-refractivity contribution in [2.45, 2.75) is 52.3 Å². The maximum Gasteiger partial charge on any atom is 0.257 e. The fraction of sp³-hybridized carbons (Fsp3) is 0.556. The third-order valence-electron chi connectivity index (χ3n) is 4.96. The van der Waals surface area contributed by atoms with Crippen LogP contribution in [-0.4, -0.2) is 32.2 Å². The van der Waals surface area contributed by atoms with E-state index in [1.54, 1.807) is 0 Å². The highest BCUT2D eigenvalue weighted by Crippen LogP contribution is 2.40. The molecular weight excluding hydrogens is 306 g/mol. The molecule has 1 aliphatic carbocycles. The Morgan fingerprint density at radius 3 is 2.79 bits per heavy atom. The summed E-state index contributed by atoms with van der Waals surface area (Å²) in [5.74, 6) is 1.78. The number of aliphatic hydroxyl groups is 1. The van der Waals surface area contributed by atoms with Gasteiger partial charge in [-0.1, -0.05) is 0 Å². The number of furan rings is 1. The number of aryl methyl sites for hydroxylation is 3. The summed E-state index contributed by atoms with van der Waals surface area (Å²) in [7, 11) is 0. The number of aliphatic hydroxyl groups excluding tert-OH is 1. The number of fused-ring (bicyclic) bond motifs is 1. The van der Waals surface area contributed by atoms with Crippen molar-refractivity contribution in [3.05, 3.63) is 40.6 Å². The fourth-order valence-corrected chi connectivity index (χ4v) is 3.47. The Morgan fingerprint density at radius 1 is 1.33 bits per heavy atom. The minimum absolute atomic E-state index is 0.00305. The Bertz CT molecular complexity index is 773. The zero-order chi connectivity index (χ0) is 16.8. The molecule has 4 rings (SSSR count). The normalized spacial score (nSPS) is 19.0. The lowest BCUT2D eigenvalue weighted by atomic mass is 10.1. The number of aromatic nitrogens is 2. The van der Waals surface area contributed by atoms with Gasteiger partial charge in [0.15, 0.2) is 0 Å². The zero-order valence-electron chi connectivity index (χ0n) is 14.2. The molecule has 6 heteroatoms. The topological polar surface area (TPSA) is 71.5 Å². The first-order valence-corrected chi connectivity index (χ1v) is 8.64. The van der Waals surface area contributed by atoms with Crippen LogP contribution in [0.5, 0.6) is 0 Å². The third kappa shape index (κ3) is 2.75. The molecule has 24 heavy (non-hydrogen) atoms. The van der Waals surface area contributed by atoms with Crippen molar-refractivity contribution >= 4 is 5.91 Å². The molecule has 0 spiro atoms. The summed E-state index contributed by atoms with van der Waals surface area (Å²) in [6.45, 7) is 5.68. The van der Waals surface area contributed by atoms with Crippen LogP contribution in [0.4, 0.5) is 0 Å². The molecular formula is C18H23N3O3. The molecule has 1 atom stereocenters. The van der Waals surface area contributed by atoms with E-state index in [0.29, 0.717) is 30.3 Å². The van der Waals surface area contributed by atoms with E-state index in [0.717, 1.165) is 43.0 Å². The van der Waals surface area contributed by atoms with Gasteiger partial charge in [0.05, 0.1) is 23.5 Å². The highest BCUT2D eigenvalue weighted by atomic mass is 16.3. The van der Waals surface area contributed by atoms with Crippen molar-refractivity contribution in [3.8, 4) is 0 Å². The molecule has 2 aromatic rings. The largest absolute Gasteiger partial charge is 0.466 e. The van der Waals surface area contributed by atoms with Crippen LogP contribution in [0.3, 0.4) is 0 Å². The van der Waals surface area contributed by atoms with Gasteiger partial charge in [0.1, 0.15) is 17.6 Å². The van der Waals surface area contributed by atoms with Crippen molar-refractivity contribution in [1.29, 1.82) is 0 Å². The molecule has 0 bridgehead atoms. The molecule has 2 aromatic heterocycles. The molecule has 0 radical (unpaired) electrons. The number of amides is 1. The zero-order valence-corrected chi connectivity index (χ0v) is 14.2. The molecule has 1 fully saturated rings. The van der Waals surface area contributed by atoms with Crippen LogP contribution < -0.4 is 0 Å². The lowest BCUT2D eigenvalue weighted by Gasteiger charge is -2.19. The minimum Gasteiger partial charge on any atom is -0.466 e. The summed E-state index contributed by atoms with van der Waals surface area (Å²) < 4.78 is 7.44. The van der Waals surface area contributed by atoms with Crippen molar-refractivity contribution in [1.82, 2.24) is 14.7 Å². The van der Waals surface area contributed by atoms with Crippen LogP contribution in [0.15, 0.2) is 16.5 Å². The highest BCUT2D eigenvalue weighted by Gasteiger charge is 2.33. The molecule has 128 valence electrons. The SMILES string of the molecule is Cc1cc(C(=O)N2CCCn3nc([C@@H](O)C4CC4)cc3C2)c(C)o1. The summed E-state index contributed by atoms with van der Waals surface area (Å²) in [5, 5.41) is 14.9. The van der Waals surface area contributed by atoms with E-state index in [1.807, 2.05) is 35.6 Å².